The van der Waals surface area contributed by atoms with Gasteiger partial charge in [-0.25, -0.2) is 4.98 Å². The van der Waals surface area contributed by atoms with Crippen molar-refractivity contribution in [3.8, 4) is 0 Å². The normalized spacial score (nSPS) is 16.9. The van der Waals surface area contributed by atoms with Crippen molar-refractivity contribution < 1.29 is 18.0 Å². The fourth-order valence-electron chi connectivity index (χ4n) is 4.26. The van der Waals surface area contributed by atoms with Gasteiger partial charge < -0.3 is 10.3 Å². The minimum atomic E-state index is -4.32. The van der Waals surface area contributed by atoms with E-state index in [-0.39, 0.29) is 17.9 Å². The number of likely N-dealkylation sites (tertiary alicyclic amines) is 1. The summed E-state index contributed by atoms with van der Waals surface area (Å²) in [5.41, 5.74) is 1.87. The standard InChI is InChI=1S/C24H27F3N4O/c1-16(23-29-20-7-2-3-8-21(20)30-23)28-22(32)14-17-9-11-31(12-10-17)15-18-5-4-6-19(13-18)24(25,26)27/h2-8,13,16-17H,9-12,14-15H2,1H3,(H,28,32)(H,29,30)/t16-/m1/s1. The molecule has 1 aliphatic heterocycles. The molecule has 5 nitrogen and oxygen atoms in total. The summed E-state index contributed by atoms with van der Waals surface area (Å²) in [6.45, 7) is 3.94. The highest BCUT2D eigenvalue weighted by Crippen LogP contribution is 2.30. The number of fused-ring (bicyclic) bond motifs is 1. The lowest BCUT2D eigenvalue weighted by Crippen LogP contribution is -2.36. The molecule has 4 rings (SSSR count). The van der Waals surface area contributed by atoms with Crippen LogP contribution < -0.4 is 5.32 Å². The Morgan fingerprint density at radius 3 is 2.66 bits per heavy atom. The third-order valence-corrected chi connectivity index (χ3v) is 6.04. The van der Waals surface area contributed by atoms with E-state index >= 15 is 0 Å². The second-order valence-electron chi connectivity index (χ2n) is 8.55. The molecule has 32 heavy (non-hydrogen) atoms. The van der Waals surface area contributed by atoms with Crippen LogP contribution in [0.3, 0.4) is 0 Å². The highest BCUT2D eigenvalue weighted by molar-refractivity contribution is 5.77. The van der Waals surface area contributed by atoms with Crippen molar-refractivity contribution in [1.82, 2.24) is 20.2 Å². The van der Waals surface area contributed by atoms with Gasteiger partial charge in [-0.15, -0.1) is 0 Å². The number of carbonyl (C=O) groups is 1. The number of halogens is 3. The third-order valence-electron chi connectivity index (χ3n) is 6.04. The van der Waals surface area contributed by atoms with E-state index in [9.17, 15) is 18.0 Å². The number of alkyl halides is 3. The molecule has 1 saturated heterocycles. The zero-order chi connectivity index (χ0) is 22.7. The van der Waals surface area contributed by atoms with Gasteiger partial charge in [0.1, 0.15) is 5.82 Å². The molecule has 0 radical (unpaired) electrons. The van der Waals surface area contributed by atoms with Gasteiger partial charge in [-0.05, 0) is 62.5 Å². The first kappa shape index (κ1) is 22.3. The zero-order valence-corrected chi connectivity index (χ0v) is 18.0. The summed E-state index contributed by atoms with van der Waals surface area (Å²) < 4.78 is 38.7. The molecule has 170 valence electrons. The highest BCUT2D eigenvalue weighted by Gasteiger charge is 2.30. The quantitative estimate of drug-likeness (QED) is 0.559. The second-order valence-corrected chi connectivity index (χ2v) is 8.55. The molecule has 1 aliphatic rings. The van der Waals surface area contributed by atoms with Gasteiger partial charge >= 0.3 is 6.18 Å². The molecule has 2 heterocycles. The lowest BCUT2D eigenvalue weighted by molar-refractivity contribution is -0.137. The number of imidazole rings is 1. The third kappa shape index (κ3) is 5.48. The van der Waals surface area contributed by atoms with Crippen molar-refractivity contribution in [2.24, 2.45) is 5.92 Å². The van der Waals surface area contributed by atoms with Crippen molar-refractivity contribution in [3.63, 3.8) is 0 Å². The molecule has 1 aromatic heterocycles. The van der Waals surface area contributed by atoms with Crippen LogP contribution in [0.15, 0.2) is 48.5 Å². The van der Waals surface area contributed by atoms with Gasteiger partial charge in [-0.2, -0.15) is 13.2 Å². The van der Waals surface area contributed by atoms with Gasteiger partial charge in [0, 0.05) is 13.0 Å². The molecule has 2 N–H and O–H groups in total. The number of H-pyrrole nitrogens is 1. The lowest BCUT2D eigenvalue weighted by atomic mass is 9.92. The Kier molecular flexibility index (Phi) is 6.50. The van der Waals surface area contributed by atoms with Crippen LogP contribution in [0.2, 0.25) is 0 Å². The number of rotatable bonds is 6. The summed E-state index contributed by atoms with van der Waals surface area (Å²) in [7, 11) is 0. The average Bonchev–Trinajstić information content (AvgIpc) is 3.19. The zero-order valence-electron chi connectivity index (χ0n) is 18.0. The Balaban J connectivity index is 1.24. The van der Waals surface area contributed by atoms with E-state index in [2.05, 4.69) is 20.2 Å². The molecule has 0 aliphatic carbocycles. The number of hydrogen-bond donors (Lipinski definition) is 2. The topological polar surface area (TPSA) is 61.0 Å². The smallest absolute Gasteiger partial charge is 0.346 e. The first-order valence-corrected chi connectivity index (χ1v) is 10.9. The van der Waals surface area contributed by atoms with Crippen LogP contribution in [0.1, 0.15) is 49.2 Å². The number of amides is 1. The predicted molar refractivity (Wildman–Crippen MR) is 117 cm³/mol. The molecule has 2 aromatic carbocycles. The fourth-order valence-corrected chi connectivity index (χ4v) is 4.26. The predicted octanol–water partition coefficient (Wildman–Crippen LogP) is 5.06. The summed E-state index contributed by atoms with van der Waals surface area (Å²) >= 11 is 0. The number of nitrogens with one attached hydrogen (secondary N) is 2. The maximum atomic E-state index is 12.9. The van der Waals surface area contributed by atoms with Crippen molar-refractivity contribution in [2.45, 2.75) is 44.9 Å². The Labute approximate surface area is 185 Å². The molecule has 0 spiro atoms. The summed E-state index contributed by atoms with van der Waals surface area (Å²) in [5.74, 6) is 1.00. The van der Waals surface area contributed by atoms with Crippen LogP contribution in [0.5, 0.6) is 0 Å². The number of piperidine rings is 1. The lowest BCUT2D eigenvalue weighted by Gasteiger charge is -2.32. The number of benzene rings is 2. The minimum Gasteiger partial charge on any atom is -0.346 e. The Bertz CT molecular complexity index is 1040. The van der Waals surface area contributed by atoms with Crippen LogP contribution in [-0.4, -0.2) is 33.9 Å². The second kappa shape index (κ2) is 9.32. The molecule has 0 saturated carbocycles. The monoisotopic (exact) mass is 444 g/mol. The van der Waals surface area contributed by atoms with E-state index in [1.165, 1.54) is 12.1 Å². The molecule has 0 unspecified atom stereocenters. The first-order chi connectivity index (χ1) is 15.3. The van der Waals surface area contributed by atoms with Crippen LogP contribution in [0, 0.1) is 5.92 Å². The number of aromatic amines is 1. The van der Waals surface area contributed by atoms with Crippen molar-refractivity contribution in [1.29, 1.82) is 0 Å². The van der Waals surface area contributed by atoms with Crippen LogP contribution in [0.4, 0.5) is 13.2 Å². The Morgan fingerprint density at radius 2 is 1.94 bits per heavy atom. The largest absolute Gasteiger partial charge is 0.416 e. The van der Waals surface area contributed by atoms with Gasteiger partial charge in [0.15, 0.2) is 0 Å². The van der Waals surface area contributed by atoms with E-state index in [0.29, 0.717) is 18.5 Å². The number of para-hydroxylation sites is 2. The number of aromatic nitrogens is 2. The maximum Gasteiger partial charge on any atom is 0.416 e. The molecular weight excluding hydrogens is 417 g/mol. The number of carbonyl (C=O) groups excluding carboxylic acids is 1. The number of hydrogen-bond acceptors (Lipinski definition) is 3. The van der Waals surface area contributed by atoms with Crippen LogP contribution in [0.25, 0.3) is 11.0 Å². The maximum absolute atomic E-state index is 12.9. The van der Waals surface area contributed by atoms with Gasteiger partial charge in [0.05, 0.1) is 22.6 Å². The van der Waals surface area contributed by atoms with Gasteiger partial charge in [-0.1, -0.05) is 30.3 Å². The van der Waals surface area contributed by atoms with Gasteiger partial charge in [0.2, 0.25) is 5.91 Å². The van der Waals surface area contributed by atoms with Crippen molar-refractivity contribution in [3.05, 3.63) is 65.5 Å². The number of nitrogens with zero attached hydrogens (tertiary/aromatic N) is 2. The average molecular weight is 445 g/mol. The van der Waals surface area contributed by atoms with E-state index < -0.39 is 11.7 Å². The Hall–Kier alpha value is -2.87. The first-order valence-electron chi connectivity index (χ1n) is 10.9. The summed E-state index contributed by atoms with van der Waals surface area (Å²) in [6, 6.07) is 13.0. The Morgan fingerprint density at radius 1 is 1.19 bits per heavy atom. The van der Waals surface area contributed by atoms with E-state index in [1.807, 2.05) is 31.2 Å². The van der Waals surface area contributed by atoms with E-state index in [0.717, 1.165) is 48.9 Å². The van der Waals surface area contributed by atoms with Crippen LogP contribution >= 0.6 is 0 Å². The molecule has 0 bridgehead atoms. The summed E-state index contributed by atoms with van der Waals surface area (Å²) in [4.78, 5) is 22.5. The fraction of sp³-hybridized carbons (Fsp3) is 0.417. The van der Waals surface area contributed by atoms with E-state index in [4.69, 9.17) is 0 Å². The molecule has 1 fully saturated rings. The molecule has 8 heteroatoms. The summed E-state index contributed by atoms with van der Waals surface area (Å²) in [6.07, 6.45) is -2.17. The molecular formula is C24H27F3N4O. The van der Waals surface area contributed by atoms with Gasteiger partial charge in [0.25, 0.3) is 0 Å². The highest BCUT2D eigenvalue weighted by atomic mass is 19.4. The molecule has 1 atom stereocenters. The van der Waals surface area contributed by atoms with Crippen molar-refractivity contribution >= 4 is 16.9 Å². The van der Waals surface area contributed by atoms with Gasteiger partial charge in [-0.3, -0.25) is 9.69 Å². The van der Waals surface area contributed by atoms with E-state index in [1.54, 1.807) is 6.07 Å². The summed E-state index contributed by atoms with van der Waals surface area (Å²) in [5, 5.41) is 3.02. The SMILES string of the molecule is C[C@@H](NC(=O)CC1CCN(Cc2cccc(C(F)(F)F)c2)CC1)c1nc2ccccc2[nH]1. The van der Waals surface area contributed by atoms with Crippen molar-refractivity contribution in [2.75, 3.05) is 13.1 Å². The van der Waals surface area contributed by atoms with Crippen LogP contribution in [-0.2, 0) is 17.5 Å². The molecule has 1 amide bonds. The minimum absolute atomic E-state index is 0.00529. The molecule has 3 aromatic rings.